The maximum atomic E-state index is 13.1. The van der Waals surface area contributed by atoms with E-state index in [4.69, 9.17) is 9.47 Å². The highest BCUT2D eigenvalue weighted by Gasteiger charge is 2.56. The molecule has 0 saturated carbocycles. The zero-order chi connectivity index (χ0) is 23.8. The van der Waals surface area contributed by atoms with E-state index in [2.05, 4.69) is 6.58 Å². The second kappa shape index (κ2) is 8.87. The molecule has 2 aliphatic carbocycles. The second-order valence-corrected chi connectivity index (χ2v) is 9.73. The van der Waals surface area contributed by atoms with Crippen molar-refractivity contribution in [2.75, 3.05) is 6.61 Å². The Balaban J connectivity index is 2.68. The minimum atomic E-state index is -1.26. The van der Waals surface area contributed by atoms with Gasteiger partial charge in [0.2, 0.25) is 0 Å². The predicted octanol–water partition coefficient (Wildman–Crippen LogP) is 2.88. The molecule has 31 heavy (non-hydrogen) atoms. The van der Waals surface area contributed by atoms with Crippen LogP contribution in [0.4, 0.5) is 0 Å². The fourth-order valence-electron chi connectivity index (χ4n) is 5.15. The van der Waals surface area contributed by atoms with Gasteiger partial charge in [-0.3, -0.25) is 14.4 Å². The molecular weight excluding hydrogens is 400 g/mol. The van der Waals surface area contributed by atoms with Gasteiger partial charge in [0.1, 0.15) is 18.5 Å². The maximum absolute atomic E-state index is 13.1. The van der Waals surface area contributed by atoms with Crippen LogP contribution >= 0.6 is 0 Å². The van der Waals surface area contributed by atoms with Crippen LogP contribution in [0.2, 0.25) is 0 Å². The predicted molar refractivity (Wildman–Crippen MR) is 115 cm³/mol. The van der Waals surface area contributed by atoms with Crippen LogP contribution in [0.15, 0.2) is 23.8 Å². The summed E-state index contributed by atoms with van der Waals surface area (Å²) in [5.74, 6) is -1.15. The average molecular weight is 437 g/mol. The molecule has 0 aromatic heterocycles. The van der Waals surface area contributed by atoms with Crippen molar-refractivity contribution in [2.24, 2.45) is 16.7 Å². The molecule has 6 atom stereocenters. The van der Waals surface area contributed by atoms with E-state index in [-0.39, 0.29) is 31.1 Å². The fourth-order valence-corrected chi connectivity index (χ4v) is 5.15. The summed E-state index contributed by atoms with van der Waals surface area (Å²) in [5.41, 5.74) is -1.71. The van der Waals surface area contributed by atoms with Crippen molar-refractivity contribution in [3.05, 3.63) is 23.8 Å². The highest BCUT2D eigenvalue weighted by Crippen LogP contribution is 2.57. The standard InChI is InChI=1S/C24H36O7/c1-8-22(5,29)12-20(28)24(7)14(2)11-18(31-16(4)26)21-17(24)9-10-19(27)23(21,6)13-30-15(3)25/h8,14,18,20,28-29H,1,9-13H2,2-7H3/t14-,18+,20-,22-,23-,24-/m0/s1. The van der Waals surface area contributed by atoms with E-state index in [9.17, 15) is 24.6 Å². The van der Waals surface area contributed by atoms with E-state index < -0.39 is 40.6 Å². The van der Waals surface area contributed by atoms with Gasteiger partial charge >= 0.3 is 11.9 Å². The molecule has 0 aromatic carbocycles. The molecule has 0 unspecified atom stereocenters. The molecule has 2 N–H and O–H groups in total. The third kappa shape index (κ3) is 4.77. The molecule has 7 nitrogen and oxygen atoms in total. The lowest BCUT2D eigenvalue weighted by molar-refractivity contribution is -0.154. The number of Topliss-reactive ketones (excluding diaryl/α,β-unsaturated/α-hetero) is 1. The zero-order valence-corrected chi connectivity index (χ0v) is 19.5. The Morgan fingerprint density at radius 3 is 2.42 bits per heavy atom. The second-order valence-electron chi connectivity index (χ2n) is 9.73. The minimum Gasteiger partial charge on any atom is -0.464 e. The van der Waals surface area contributed by atoms with E-state index in [1.807, 2.05) is 13.8 Å². The summed E-state index contributed by atoms with van der Waals surface area (Å²) >= 11 is 0. The first-order valence-electron chi connectivity index (χ1n) is 10.8. The van der Waals surface area contributed by atoms with Crippen LogP contribution in [0.1, 0.15) is 67.2 Å². The molecule has 0 amide bonds. The van der Waals surface area contributed by atoms with Gasteiger partial charge in [0.15, 0.2) is 0 Å². The largest absolute Gasteiger partial charge is 0.464 e. The first-order chi connectivity index (χ1) is 14.2. The van der Waals surface area contributed by atoms with Gasteiger partial charge < -0.3 is 19.7 Å². The van der Waals surface area contributed by atoms with Gasteiger partial charge in [-0.05, 0) is 38.2 Å². The number of esters is 2. The summed E-state index contributed by atoms with van der Waals surface area (Å²) in [6.45, 7) is 13.3. The van der Waals surface area contributed by atoms with Crippen LogP contribution in [0.3, 0.4) is 0 Å². The van der Waals surface area contributed by atoms with Gasteiger partial charge in [-0.25, -0.2) is 0 Å². The summed E-state index contributed by atoms with van der Waals surface area (Å²) in [5, 5.41) is 21.8. The topological polar surface area (TPSA) is 110 Å². The Hall–Kier alpha value is -1.99. The quantitative estimate of drug-likeness (QED) is 0.466. The smallest absolute Gasteiger partial charge is 0.303 e. The molecular formula is C24H36O7. The van der Waals surface area contributed by atoms with E-state index >= 15 is 0 Å². The number of aliphatic hydroxyl groups is 2. The first-order valence-corrected chi connectivity index (χ1v) is 10.8. The average Bonchev–Trinajstić information content (AvgIpc) is 2.65. The number of aliphatic hydroxyl groups excluding tert-OH is 1. The number of ketones is 1. The summed E-state index contributed by atoms with van der Waals surface area (Å²) in [4.78, 5) is 36.5. The third-order valence-electron chi connectivity index (χ3n) is 7.31. The third-order valence-corrected chi connectivity index (χ3v) is 7.31. The molecule has 0 bridgehead atoms. The summed E-state index contributed by atoms with van der Waals surface area (Å²) < 4.78 is 10.9. The molecule has 0 spiro atoms. The van der Waals surface area contributed by atoms with Crippen LogP contribution in [0.25, 0.3) is 0 Å². The highest BCUT2D eigenvalue weighted by molar-refractivity contribution is 5.90. The Bertz CT molecular complexity index is 796. The number of hydrogen-bond donors (Lipinski definition) is 2. The van der Waals surface area contributed by atoms with Gasteiger partial charge in [0, 0.05) is 32.1 Å². The molecule has 0 radical (unpaired) electrons. The molecule has 2 rings (SSSR count). The Kier molecular flexibility index (Phi) is 7.23. The van der Waals surface area contributed by atoms with Crippen molar-refractivity contribution >= 4 is 17.7 Å². The Morgan fingerprint density at radius 2 is 1.90 bits per heavy atom. The first kappa shape index (κ1) is 25.3. The van der Waals surface area contributed by atoms with E-state index in [1.165, 1.54) is 19.9 Å². The zero-order valence-electron chi connectivity index (χ0n) is 19.5. The van der Waals surface area contributed by atoms with Crippen LogP contribution in [-0.2, 0) is 23.9 Å². The lowest BCUT2D eigenvalue weighted by Gasteiger charge is -2.53. The van der Waals surface area contributed by atoms with Crippen molar-refractivity contribution in [3.8, 4) is 0 Å². The normalized spacial score (nSPS) is 33.7. The van der Waals surface area contributed by atoms with E-state index in [0.717, 1.165) is 5.57 Å². The van der Waals surface area contributed by atoms with Crippen LogP contribution in [0.5, 0.6) is 0 Å². The number of rotatable bonds is 7. The van der Waals surface area contributed by atoms with Gasteiger partial charge in [0.25, 0.3) is 0 Å². The lowest BCUT2D eigenvalue weighted by Crippen LogP contribution is -2.54. The molecule has 0 aliphatic heterocycles. The van der Waals surface area contributed by atoms with Crippen molar-refractivity contribution in [1.82, 2.24) is 0 Å². The lowest BCUT2D eigenvalue weighted by atomic mass is 9.53. The summed E-state index contributed by atoms with van der Waals surface area (Å²) in [6.07, 6.45) is 0.953. The minimum absolute atomic E-state index is 0.0704. The monoisotopic (exact) mass is 436 g/mol. The van der Waals surface area contributed by atoms with Gasteiger partial charge in [-0.15, -0.1) is 6.58 Å². The number of ether oxygens (including phenoxy) is 2. The van der Waals surface area contributed by atoms with Gasteiger partial charge in [-0.2, -0.15) is 0 Å². The molecule has 0 aromatic rings. The SMILES string of the molecule is C=C[C@](C)(O)C[C@H](O)[C@]1(C)C2=C([C@H](OC(C)=O)C[C@@H]1C)[C@@](C)(COC(C)=O)C(=O)CC2. The van der Waals surface area contributed by atoms with Crippen molar-refractivity contribution in [2.45, 2.75) is 85.0 Å². The number of carbonyl (C=O) groups excluding carboxylic acids is 3. The molecule has 2 aliphatic rings. The van der Waals surface area contributed by atoms with E-state index in [1.54, 1.807) is 13.8 Å². The maximum Gasteiger partial charge on any atom is 0.303 e. The summed E-state index contributed by atoms with van der Waals surface area (Å²) in [6, 6.07) is 0. The molecule has 174 valence electrons. The van der Waals surface area contributed by atoms with E-state index in [0.29, 0.717) is 18.4 Å². The Labute approximate surface area is 184 Å². The fraction of sp³-hybridized carbons (Fsp3) is 0.708. The number of carbonyl (C=O) groups is 3. The Morgan fingerprint density at radius 1 is 1.29 bits per heavy atom. The van der Waals surface area contributed by atoms with Crippen molar-refractivity contribution in [1.29, 1.82) is 0 Å². The van der Waals surface area contributed by atoms with Crippen LogP contribution in [0, 0.1) is 16.7 Å². The molecule has 7 heteroatoms. The van der Waals surface area contributed by atoms with Crippen LogP contribution < -0.4 is 0 Å². The van der Waals surface area contributed by atoms with Crippen molar-refractivity contribution in [3.63, 3.8) is 0 Å². The molecule has 0 saturated heterocycles. The molecule has 0 heterocycles. The van der Waals surface area contributed by atoms with Gasteiger partial charge in [0.05, 0.1) is 17.1 Å². The van der Waals surface area contributed by atoms with Gasteiger partial charge in [-0.1, -0.05) is 25.5 Å². The van der Waals surface area contributed by atoms with Crippen molar-refractivity contribution < 1.29 is 34.1 Å². The summed E-state index contributed by atoms with van der Waals surface area (Å²) in [7, 11) is 0. The molecule has 0 fully saturated rings. The van der Waals surface area contributed by atoms with Crippen LogP contribution in [-0.4, -0.2) is 52.4 Å². The number of hydrogen-bond acceptors (Lipinski definition) is 7. The highest BCUT2D eigenvalue weighted by atomic mass is 16.5.